The first-order valence-corrected chi connectivity index (χ1v) is 10.2. The van der Waals surface area contributed by atoms with Crippen LogP contribution in [-0.2, 0) is 13.2 Å². The van der Waals surface area contributed by atoms with Crippen LogP contribution in [0.1, 0.15) is 50.4 Å². The lowest BCUT2D eigenvalue weighted by Gasteiger charge is -2.13. The van der Waals surface area contributed by atoms with Crippen molar-refractivity contribution < 1.29 is 9.84 Å². The molecule has 162 valence electrons. The van der Waals surface area contributed by atoms with Crippen molar-refractivity contribution >= 4 is 5.82 Å². The van der Waals surface area contributed by atoms with Crippen LogP contribution >= 0.6 is 0 Å². The second-order valence-corrected chi connectivity index (χ2v) is 8.20. The molecule has 0 unspecified atom stereocenters. The summed E-state index contributed by atoms with van der Waals surface area (Å²) in [6.07, 6.45) is 5.48. The van der Waals surface area contributed by atoms with E-state index in [0.717, 1.165) is 27.8 Å². The minimum absolute atomic E-state index is 0.269. The number of benzene rings is 1. The van der Waals surface area contributed by atoms with Gasteiger partial charge in [-0.3, -0.25) is 4.68 Å². The van der Waals surface area contributed by atoms with Crippen LogP contribution in [0.3, 0.4) is 0 Å². The van der Waals surface area contributed by atoms with E-state index in [4.69, 9.17) is 16.2 Å². The Kier molecular flexibility index (Phi) is 6.64. The first-order chi connectivity index (χ1) is 14.7. The van der Waals surface area contributed by atoms with E-state index in [2.05, 4.69) is 35.8 Å². The minimum atomic E-state index is -1.06. The molecule has 0 saturated carbocycles. The maximum atomic E-state index is 9.84. The fourth-order valence-corrected chi connectivity index (χ4v) is 2.92. The zero-order chi connectivity index (χ0) is 22.6. The molecule has 0 atom stereocenters. The quantitative estimate of drug-likeness (QED) is 0.529. The third-order valence-corrected chi connectivity index (χ3v) is 4.67. The van der Waals surface area contributed by atoms with Gasteiger partial charge >= 0.3 is 0 Å². The number of aromatic nitrogens is 3. The van der Waals surface area contributed by atoms with Crippen molar-refractivity contribution in [3.63, 3.8) is 0 Å². The Bertz CT molecular complexity index is 1120. The molecule has 0 aliphatic heterocycles. The van der Waals surface area contributed by atoms with E-state index in [-0.39, 0.29) is 12.6 Å². The number of pyridine rings is 1. The molecular weight excluding hydrogens is 390 g/mol. The van der Waals surface area contributed by atoms with E-state index in [1.165, 1.54) is 0 Å². The third-order valence-electron chi connectivity index (χ3n) is 4.67. The van der Waals surface area contributed by atoms with Crippen molar-refractivity contribution in [1.29, 1.82) is 0 Å². The number of hydrogen-bond acceptors (Lipinski definition) is 6. The van der Waals surface area contributed by atoms with Gasteiger partial charge in [0.05, 0.1) is 6.20 Å². The Balaban J connectivity index is 1.83. The topological polar surface area (TPSA) is 112 Å². The van der Waals surface area contributed by atoms with Crippen LogP contribution in [0.5, 0.6) is 5.75 Å². The van der Waals surface area contributed by atoms with Crippen LogP contribution in [0.15, 0.2) is 42.9 Å². The number of anilines is 1. The van der Waals surface area contributed by atoms with Gasteiger partial charge in [-0.1, -0.05) is 17.9 Å². The van der Waals surface area contributed by atoms with Gasteiger partial charge in [-0.2, -0.15) is 5.10 Å². The van der Waals surface area contributed by atoms with E-state index in [0.29, 0.717) is 18.1 Å². The number of nitrogens with two attached hydrogens (primary N) is 2. The van der Waals surface area contributed by atoms with Crippen molar-refractivity contribution in [3.8, 4) is 28.7 Å². The van der Waals surface area contributed by atoms with Gasteiger partial charge in [-0.25, -0.2) is 4.98 Å². The molecule has 0 aliphatic carbocycles. The molecule has 2 aromatic heterocycles. The molecule has 3 rings (SSSR count). The molecular formula is C24H29N5O2. The number of hydrogen-bond donors (Lipinski definition) is 3. The largest absolute Gasteiger partial charge is 0.485 e. The van der Waals surface area contributed by atoms with Crippen LogP contribution < -0.4 is 16.2 Å². The van der Waals surface area contributed by atoms with E-state index in [1.54, 1.807) is 26.2 Å². The van der Waals surface area contributed by atoms with Gasteiger partial charge in [-0.05, 0) is 57.0 Å². The molecule has 3 aromatic rings. The summed E-state index contributed by atoms with van der Waals surface area (Å²) in [4.78, 5) is 4.28. The van der Waals surface area contributed by atoms with E-state index in [1.807, 2.05) is 35.1 Å². The molecule has 0 spiro atoms. The molecule has 0 fully saturated rings. The van der Waals surface area contributed by atoms with Crippen LogP contribution in [0.2, 0.25) is 0 Å². The first kappa shape index (κ1) is 22.3. The number of nitrogens with zero attached hydrogens (tertiary/aromatic N) is 3. The number of aliphatic hydroxyl groups is 1. The smallest absolute Gasteiger partial charge is 0.166 e. The van der Waals surface area contributed by atoms with E-state index < -0.39 is 5.60 Å². The number of nitrogen functional groups attached to an aromatic ring is 1. The molecule has 7 heteroatoms. The van der Waals surface area contributed by atoms with Gasteiger partial charge in [0.15, 0.2) is 11.6 Å². The zero-order valence-electron chi connectivity index (χ0n) is 18.4. The van der Waals surface area contributed by atoms with Crippen LogP contribution in [0, 0.1) is 11.8 Å². The Labute approximate surface area is 183 Å². The fraction of sp³-hybridized carbons (Fsp3) is 0.333. The monoisotopic (exact) mass is 419 g/mol. The molecule has 31 heavy (non-hydrogen) atoms. The van der Waals surface area contributed by atoms with Crippen molar-refractivity contribution in [3.05, 3.63) is 59.5 Å². The lowest BCUT2D eigenvalue weighted by Crippen LogP contribution is -2.14. The Morgan fingerprint density at radius 2 is 1.94 bits per heavy atom. The summed E-state index contributed by atoms with van der Waals surface area (Å²) in [6, 6.07) is 7.86. The van der Waals surface area contributed by atoms with Gasteiger partial charge < -0.3 is 21.3 Å². The Morgan fingerprint density at radius 3 is 2.58 bits per heavy atom. The predicted molar refractivity (Wildman–Crippen MR) is 122 cm³/mol. The lowest BCUT2D eigenvalue weighted by atomic mass is 10.0. The summed E-state index contributed by atoms with van der Waals surface area (Å²) in [5, 5.41) is 14.2. The predicted octanol–water partition coefficient (Wildman–Crippen LogP) is 3.27. The van der Waals surface area contributed by atoms with Crippen LogP contribution in [0.25, 0.3) is 11.1 Å². The fourth-order valence-electron chi connectivity index (χ4n) is 2.92. The molecule has 0 bridgehead atoms. The molecule has 1 aromatic carbocycles. The van der Waals surface area contributed by atoms with Crippen molar-refractivity contribution in [1.82, 2.24) is 14.8 Å². The SMILES string of the molecule is CC(C)n1cc(-c2cnc(N)c(OCc3cc(C#CC(C)(C)O)ccc3CN)c2)cn1. The maximum Gasteiger partial charge on any atom is 0.166 e. The summed E-state index contributed by atoms with van der Waals surface area (Å²) in [5.41, 5.74) is 15.3. The van der Waals surface area contributed by atoms with E-state index in [9.17, 15) is 5.11 Å². The second-order valence-electron chi connectivity index (χ2n) is 8.20. The molecule has 7 nitrogen and oxygen atoms in total. The highest BCUT2D eigenvalue weighted by molar-refractivity contribution is 5.65. The normalized spacial score (nSPS) is 11.3. The lowest BCUT2D eigenvalue weighted by molar-refractivity contribution is 0.143. The summed E-state index contributed by atoms with van der Waals surface area (Å²) in [7, 11) is 0. The highest BCUT2D eigenvalue weighted by atomic mass is 16.5. The summed E-state index contributed by atoms with van der Waals surface area (Å²) < 4.78 is 7.90. The zero-order valence-corrected chi connectivity index (χ0v) is 18.4. The third kappa shape index (κ3) is 5.85. The van der Waals surface area contributed by atoms with Crippen molar-refractivity contribution in [2.45, 2.75) is 52.5 Å². The van der Waals surface area contributed by atoms with Gasteiger partial charge in [0.25, 0.3) is 0 Å². The highest BCUT2D eigenvalue weighted by Crippen LogP contribution is 2.28. The molecule has 2 heterocycles. The van der Waals surface area contributed by atoms with Crippen molar-refractivity contribution in [2.75, 3.05) is 5.73 Å². The minimum Gasteiger partial charge on any atom is -0.485 e. The van der Waals surface area contributed by atoms with Gasteiger partial charge in [-0.15, -0.1) is 0 Å². The molecule has 0 aliphatic rings. The summed E-state index contributed by atoms with van der Waals surface area (Å²) >= 11 is 0. The average molecular weight is 420 g/mol. The maximum absolute atomic E-state index is 9.84. The first-order valence-electron chi connectivity index (χ1n) is 10.2. The van der Waals surface area contributed by atoms with Gasteiger partial charge in [0.1, 0.15) is 12.2 Å². The summed E-state index contributed by atoms with van der Waals surface area (Å²) in [6.45, 7) is 8.08. The average Bonchev–Trinajstić information content (AvgIpc) is 3.22. The van der Waals surface area contributed by atoms with Crippen LogP contribution in [-0.4, -0.2) is 25.5 Å². The highest BCUT2D eigenvalue weighted by Gasteiger charge is 2.11. The van der Waals surface area contributed by atoms with Gasteiger partial charge in [0.2, 0.25) is 0 Å². The number of ether oxygens (including phenoxy) is 1. The van der Waals surface area contributed by atoms with Gasteiger partial charge in [0, 0.05) is 41.7 Å². The van der Waals surface area contributed by atoms with Crippen molar-refractivity contribution in [2.24, 2.45) is 5.73 Å². The number of rotatable bonds is 6. The molecule has 5 N–H and O–H groups in total. The molecule has 0 saturated heterocycles. The van der Waals surface area contributed by atoms with Crippen LogP contribution in [0.4, 0.5) is 5.82 Å². The Morgan fingerprint density at radius 1 is 1.16 bits per heavy atom. The Hall–Kier alpha value is -3.34. The molecule has 0 amide bonds. The summed E-state index contributed by atoms with van der Waals surface area (Å²) in [5.74, 6) is 6.61. The molecule has 0 radical (unpaired) electrons. The standard InChI is InChI=1S/C24H29N5O2/c1-16(2)29-14-21(13-28-29)19-10-22(23(26)27-12-19)31-15-20-9-17(5-6-18(20)11-25)7-8-24(3,4)30/h5-6,9-10,12-14,16,30H,11,15,25H2,1-4H3,(H2,26,27). The second kappa shape index (κ2) is 9.21. The van der Waals surface area contributed by atoms with E-state index >= 15 is 0 Å².